The Morgan fingerprint density at radius 1 is 1.08 bits per heavy atom. The predicted molar refractivity (Wildman–Crippen MR) is 194 cm³/mol. The van der Waals surface area contributed by atoms with Gasteiger partial charge in [-0.15, -0.1) is 11.3 Å². The Morgan fingerprint density at radius 2 is 1.90 bits per heavy atom. The minimum Gasteiger partial charge on any atom is -0.453 e. The van der Waals surface area contributed by atoms with Gasteiger partial charge in [0.1, 0.15) is 5.75 Å². The highest BCUT2D eigenvalue weighted by Crippen LogP contribution is 2.40. The van der Waals surface area contributed by atoms with Gasteiger partial charge >= 0.3 is 6.03 Å². The molecule has 48 heavy (non-hydrogen) atoms. The van der Waals surface area contributed by atoms with Crippen LogP contribution in [-0.2, 0) is 11.0 Å². The minimum absolute atomic E-state index is 0.0720. The van der Waals surface area contributed by atoms with Crippen molar-refractivity contribution in [3.05, 3.63) is 66.2 Å². The summed E-state index contributed by atoms with van der Waals surface area (Å²) in [6.07, 6.45) is 5.58. The van der Waals surface area contributed by atoms with Crippen LogP contribution in [0.4, 0.5) is 14.9 Å². The zero-order valence-electron chi connectivity index (χ0n) is 28.8. The number of anilines is 1. The Balaban J connectivity index is 1.04. The van der Waals surface area contributed by atoms with Crippen molar-refractivity contribution in [2.45, 2.75) is 77.3 Å². The molecule has 12 heteroatoms. The summed E-state index contributed by atoms with van der Waals surface area (Å²) in [5, 5.41) is 5.73. The number of hydrogen-bond acceptors (Lipinski definition) is 8. The molecule has 2 aliphatic rings. The number of urea groups is 1. The molecular weight excluding hydrogens is 644 g/mol. The number of carbonyl (C=O) groups excluding carboxylic acids is 1. The standard InChI is InChI=1S/C36H47FN6O3SSi/c1-24-22-42(15-16-43(24)17-18-45-48(5,6)36(2,3)4)23-25-7-11-29(39-21-25)33-20-30-34(47-33)32(13-14-38-30)46-31-12-10-27(19-28(31)37)41-35(44)40-26-8-9-26/h7,10-14,19-21,24,26H,8-9,15-18,22-23H2,1-6H3,(H2,40,41,44)/t24-/m1/s1. The molecule has 0 unspecified atom stereocenters. The first-order valence-corrected chi connectivity index (χ1v) is 20.6. The number of amides is 2. The number of piperazine rings is 1. The molecule has 6 rings (SSSR count). The van der Waals surface area contributed by atoms with E-state index in [9.17, 15) is 9.18 Å². The summed E-state index contributed by atoms with van der Waals surface area (Å²) in [6.45, 7) is 19.5. The molecule has 1 saturated heterocycles. The average Bonchev–Trinajstić information content (AvgIpc) is 3.72. The van der Waals surface area contributed by atoms with Crippen molar-refractivity contribution in [1.29, 1.82) is 0 Å². The maximum atomic E-state index is 15.0. The summed E-state index contributed by atoms with van der Waals surface area (Å²) in [4.78, 5) is 27.4. The average molecular weight is 691 g/mol. The molecule has 1 aliphatic heterocycles. The second-order valence-corrected chi connectivity index (χ2v) is 20.4. The third-order valence-corrected chi connectivity index (χ3v) is 15.4. The number of halogens is 1. The van der Waals surface area contributed by atoms with Gasteiger partial charge in [0.15, 0.2) is 19.9 Å². The Kier molecular flexibility index (Phi) is 10.2. The van der Waals surface area contributed by atoms with Gasteiger partial charge in [0, 0.05) is 81.6 Å². The minimum atomic E-state index is -1.72. The van der Waals surface area contributed by atoms with Crippen molar-refractivity contribution in [3.63, 3.8) is 0 Å². The lowest BCUT2D eigenvalue weighted by Crippen LogP contribution is -2.53. The normalized spacial score (nSPS) is 17.9. The highest BCUT2D eigenvalue weighted by molar-refractivity contribution is 7.22. The molecule has 2 N–H and O–H groups in total. The molecule has 9 nitrogen and oxygen atoms in total. The molecule has 2 fully saturated rings. The van der Waals surface area contributed by atoms with Gasteiger partial charge in [0.05, 0.1) is 20.8 Å². The van der Waals surface area contributed by atoms with Gasteiger partial charge in [-0.05, 0) is 67.7 Å². The molecular formula is C36H47FN6O3SSi. The van der Waals surface area contributed by atoms with Crippen LogP contribution in [-0.4, -0.2) is 79.0 Å². The number of fused-ring (bicyclic) bond motifs is 1. The van der Waals surface area contributed by atoms with Crippen LogP contribution in [0.5, 0.6) is 11.5 Å². The van der Waals surface area contributed by atoms with E-state index in [1.807, 2.05) is 12.3 Å². The molecule has 0 bridgehead atoms. The van der Waals surface area contributed by atoms with E-state index in [4.69, 9.17) is 14.1 Å². The lowest BCUT2D eigenvalue weighted by molar-refractivity contribution is 0.0660. The van der Waals surface area contributed by atoms with Gasteiger partial charge in [-0.2, -0.15) is 0 Å². The highest BCUT2D eigenvalue weighted by atomic mass is 32.1. The van der Waals surface area contributed by atoms with Gasteiger partial charge < -0.3 is 19.8 Å². The molecule has 256 valence electrons. The topological polar surface area (TPSA) is 91.8 Å². The number of pyridine rings is 2. The Bertz CT molecular complexity index is 1740. The van der Waals surface area contributed by atoms with E-state index in [0.717, 1.165) is 73.0 Å². The van der Waals surface area contributed by atoms with E-state index >= 15 is 0 Å². The van der Waals surface area contributed by atoms with Crippen LogP contribution in [0.2, 0.25) is 18.1 Å². The summed E-state index contributed by atoms with van der Waals surface area (Å²) >= 11 is 1.51. The largest absolute Gasteiger partial charge is 0.453 e. The van der Waals surface area contributed by atoms with Gasteiger partial charge in [-0.25, -0.2) is 9.18 Å². The summed E-state index contributed by atoms with van der Waals surface area (Å²) in [5.74, 6) is 0.0196. The number of nitrogens with zero attached hydrogens (tertiary/aromatic N) is 4. The van der Waals surface area contributed by atoms with E-state index in [1.54, 1.807) is 18.3 Å². The number of carbonyl (C=O) groups is 1. The lowest BCUT2D eigenvalue weighted by atomic mass is 10.1. The molecule has 1 atom stereocenters. The van der Waals surface area contributed by atoms with E-state index in [0.29, 0.717) is 17.5 Å². The van der Waals surface area contributed by atoms with Crippen molar-refractivity contribution >= 4 is 41.6 Å². The van der Waals surface area contributed by atoms with E-state index in [2.05, 4.69) is 78.3 Å². The SMILES string of the molecule is C[C@@H]1CN(Cc2ccc(-c3cc4nccc(Oc5ccc(NC(=O)NC6CC6)cc5F)c4s3)nc2)CCN1CCO[Si](C)(C)C(C)(C)C. The van der Waals surface area contributed by atoms with Crippen LogP contribution in [0.15, 0.2) is 54.9 Å². The van der Waals surface area contributed by atoms with Crippen LogP contribution < -0.4 is 15.4 Å². The number of thiophene rings is 1. The van der Waals surface area contributed by atoms with Crippen LogP contribution in [0, 0.1) is 5.82 Å². The van der Waals surface area contributed by atoms with Gasteiger partial charge in [-0.3, -0.25) is 19.8 Å². The fourth-order valence-corrected chi connectivity index (χ4v) is 7.66. The number of ether oxygens (including phenoxy) is 1. The smallest absolute Gasteiger partial charge is 0.319 e. The number of nitrogens with one attached hydrogen (secondary N) is 2. The van der Waals surface area contributed by atoms with E-state index in [-0.39, 0.29) is 22.9 Å². The molecule has 2 amide bonds. The van der Waals surface area contributed by atoms with E-state index in [1.165, 1.54) is 29.0 Å². The van der Waals surface area contributed by atoms with Crippen molar-refractivity contribution in [1.82, 2.24) is 25.1 Å². The first-order valence-electron chi connectivity index (χ1n) is 16.8. The third kappa shape index (κ3) is 8.41. The van der Waals surface area contributed by atoms with Gasteiger partial charge in [0.25, 0.3) is 0 Å². The van der Waals surface area contributed by atoms with Crippen LogP contribution in [0.1, 0.15) is 46.1 Å². The van der Waals surface area contributed by atoms with Crippen molar-refractivity contribution < 1.29 is 18.3 Å². The number of hydrogen-bond donors (Lipinski definition) is 2. The predicted octanol–water partition coefficient (Wildman–Crippen LogP) is 8.10. The van der Waals surface area contributed by atoms with Crippen molar-refractivity contribution in [3.8, 4) is 22.1 Å². The van der Waals surface area contributed by atoms with Crippen LogP contribution >= 0.6 is 11.3 Å². The molecule has 3 aromatic heterocycles. The summed E-state index contributed by atoms with van der Waals surface area (Å²) in [7, 11) is -1.72. The summed E-state index contributed by atoms with van der Waals surface area (Å²) < 4.78 is 28.2. The highest BCUT2D eigenvalue weighted by Gasteiger charge is 2.37. The Hall–Kier alpha value is -3.42. The zero-order valence-corrected chi connectivity index (χ0v) is 30.6. The van der Waals surface area contributed by atoms with Gasteiger partial charge in [0.2, 0.25) is 0 Å². The van der Waals surface area contributed by atoms with Crippen molar-refractivity contribution in [2.75, 3.05) is 38.1 Å². The van der Waals surface area contributed by atoms with Crippen LogP contribution in [0.3, 0.4) is 0 Å². The molecule has 0 spiro atoms. The van der Waals surface area contributed by atoms with E-state index < -0.39 is 14.1 Å². The molecule has 0 radical (unpaired) electrons. The monoisotopic (exact) mass is 690 g/mol. The number of benzene rings is 1. The molecule has 1 saturated carbocycles. The van der Waals surface area contributed by atoms with Crippen molar-refractivity contribution in [2.24, 2.45) is 0 Å². The second kappa shape index (κ2) is 14.2. The first kappa shape index (κ1) is 34.4. The molecule has 1 aliphatic carbocycles. The fourth-order valence-electron chi connectivity index (χ4n) is 5.58. The molecule has 4 heterocycles. The lowest BCUT2D eigenvalue weighted by Gasteiger charge is -2.41. The van der Waals surface area contributed by atoms with Crippen LogP contribution in [0.25, 0.3) is 20.8 Å². The third-order valence-electron chi connectivity index (χ3n) is 9.68. The van der Waals surface area contributed by atoms with Gasteiger partial charge in [-0.1, -0.05) is 26.8 Å². The Morgan fingerprint density at radius 3 is 2.58 bits per heavy atom. The summed E-state index contributed by atoms with van der Waals surface area (Å²) in [6, 6.07) is 12.7. The quantitative estimate of drug-likeness (QED) is 0.154. The Labute approximate surface area is 288 Å². The number of rotatable bonds is 11. The fraction of sp³-hybridized carbons (Fsp3) is 0.472. The first-order chi connectivity index (χ1) is 22.8. The maximum Gasteiger partial charge on any atom is 0.319 e. The maximum absolute atomic E-state index is 15.0. The number of aromatic nitrogens is 2. The zero-order chi connectivity index (χ0) is 34.1. The molecule has 1 aromatic carbocycles. The second-order valence-electron chi connectivity index (χ2n) is 14.5. The summed E-state index contributed by atoms with van der Waals surface area (Å²) in [5.41, 5.74) is 3.17. The molecule has 4 aromatic rings.